The largest absolute Gasteiger partial charge is 0.313 e. The van der Waals surface area contributed by atoms with Crippen molar-refractivity contribution < 1.29 is 0 Å². The highest BCUT2D eigenvalue weighted by atomic mass is 15.2. The topological polar surface area (TPSA) is 15.3 Å². The minimum Gasteiger partial charge on any atom is -0.313 e. The Labute approximate surface area is 134 Å². The van der Waals surface area contributed by atoms with Crippen LogP contribution in [0.2, 0.25) is 0 Å². The summed E-state index contributed by atoms with van der Waals surface area (Å²) in [5, 5.41) is 3.78. The van der Waals surface area contributed by atoms with E-state index >= 15 is 0 Å². The first-order chi connectivity index (χ1) is 10.2. The summed E-state index contributed by atoms with van der Waals surface area (Å²) in [5.74, 6) is 1.84. The van der Waals surface area contributed by atoms with Crippen LogP contribution in [-0.2, 0) is 0 Å². The first-order valence-electron chi connectivity index (χ1n) is 9.67. The zero-order valence-electron chi connectivity index (χ0n) is 15.3. The third-order valence-corrected chi connectivity index (χ3v) is 5.61. The lowest BCUT2D eigenvalue weighted by atomic mass is 9.79. The summed E-state index contributed by atoms with van der Waals surface area (Å²) in [7, 11) is 0. The fraction of sp³-hybridized carbons (Fsp3) is 1.00. The van der Waals surface area contributed by atoms with Gasteiger partial charge in [-0.15, -0.1) is 0 Å². The van der Waals surface area contributed by atoms with Gasteiger partial charge in [-0.3, -0.25) is 4.90 Å². The van der Waals surface area contributed by atoms with E-state index in [-0.39, 0.29) is 0 Å². The molecule has 0 spiro atoms. The Morgan fingerprint density at radius 3 is 2.29 bits per heavy atom. The molecule has 1 aliphatic carbocycles. The fourth-order valence-corrected chi connectivity index (χ4v) is 4.18. The second kappa shape index (κ2) is 10.6. The highest BCUT2D eigenvalue weighted by molar-refractivity contribution is 4.91. The standard InChI is InChI=1S/C19H40N2/c1-6-11-17-12-13-18(20-9-4)19(14-17)21(10-5)15-16(7-2)8-3/h16-20H,6-15H2,1-5H3. The molecule has 2 heteroatoms. The van der Waals surface area contributed by atoms with E-state index in [4.69, 9.17) is 0 Å². The first-order valence-corrected chi connectivity index (χ1v) is 9.67. The number of nitrogens with one attached hydrogen (secondary N) is 1. The Morgan fingerprint density at radius 2 is 1.76 bits per heavy atom. The van der Waals surface area contributed by atoms with E-state index in [9.17, 15) is 0 Å². The summed E-state index contributed by atoms with van der Waals surface area (Å²) < 4.78 is 0. The lowest BCUT2D eigenvalue weighted by Gasteiger charge is -2.44. The number of nitrogens with zero attached hydrogens (tertiary/aromatic N) is 1. The Morgan fingerprint density at radius 1 is 1.05 bits per heavy atom. The molecule has 0 aromatic carbocycles. The molecule has 1 rings (SSSR count). The molecule has 1 fully saturated rings. The van der Waals surface area contributed by atoms with E-state index in [0.717, 1.165) is 30.5 Å². The van der Waals surface area contributed by atoms with Gasteiger partial charge in [0, 0.05) is 18.6 Å². The Bertz CT molecular complexity index is 250. The van der Waals surface area contributed by atoms with Crippen molar-refractivity contribution in [2.24, 2.45) is 11.8 Å². The second-order valence-electron chi connectivity index (χ2n) is 6.97. The monoisotopic (exact) mass is 296 g/mol. The summed E-state index contributed by atoms with van der Waals surface area (Å²) in [6.07, 6.45) is 9.65. The molecule has 1 aliphatic rings. The fourth-order valence-electron chi connectivity index (χ4n) is 4.18. The second-order valence-corrected chi connectivity index (χ2v) is 6.97. The Balaban J connectivity index is 2.72. The molecule has 0 amide bonds. The highest BCUT2D eigenvalue weighted by Gasteiger charge is 2.33. The van der Waals surface area contributed by atoms with Crippen LogP contribution in [0.1, 0.15) is 79.6 Å². The third-order valence-electron chi connectivity index (χ3n) is 5.61. The van der Waals surface area contributed by atoms with Crippen LogP contribution in [0.15, 0.2) is 0 Å². The van der Waals surface area contributed by atoms with Crippen molar-refractivity contribution in [3.05, 3.63) is 0 Å². The molecule has 0 aromatic rings. The molecule has 3 atom stereocenters. The average molecular weight is 297 g/mol. The third kappa shape index (κ3) is 5.90. The van der Waals surface area contributed by atoms with E-state index in [0.29, 0.717) is 0 Å². The molecule has 0 aliphatic heterocycles. The van der Waals surface area contributed by atoms with E-state index in [1.54, 1.807) is 0 Å². The molecule has 0 aromatic heterocycles. The molecule has 1 N–H and O–H groups in total. The molecule has 1 saturated carbocycles. The lowest BCUT2D eigenvalue weighted by molar-refractivity contribution is 0.0831. The van der Waals surface area contributed by atoms with Crippen LogP contribution < -0.4 is 5.32 Å². The van der Waals surface area contributed by atoms with Crippen LogP contribution >= 0.6 is 0 Å². The van der Waals surface area contributed by atoms with Gasteiger partial charge in [-0.2, -0.15) is 0 Å². The van der Waals surface area contributed by atoms with Crippen molar-refractivity contribution in [2.75, 3.05) is 19.6 Å². The first kappa shape index (κ1) is 19.0. The quantitative estimate of drug-likeness (QED) is 0.629. The molecule has 126 valence electrons. The van der Waals surface area contributed by atoms with E-state index < -0.39 is 0 Å². The zero-order chi connectivity index (χ0) is 15.7. The maximum atomic E-state index is 3.78. The van der Waals surface area contributed by atoms with Crippen LogP contribution in [0, 0.1) is 11.8 Å². The van der Waals surface area contributed by atoms with Gasteiger partial charge in [0.2, 0.25) is 0 Å². The van der Waals surface area contributed by atoms with Gasteiger partial charge in [-0.05, 0) is 44.2 Å². The van der Waals surface area contributed by atoms with Crippen LogP contribution in [0.4, 0.5) is 0 Å². The Hall–Kier alpha value is -0.0800. The highest BCUT2D eigenvalue weighted by Crippen LogP contribution is 2.31. The van der Waals surface area contributed by atoms with Gasteiger partial charge in [-0.1, -0.05) is 60.3 Å². The van der Waals surface area contributed by atoms with Crippen LogP contribution in [0.3, 0.4) is 0 Å². The molecule has 0 bridgehead atoms. The lowest BCUT2D eigenvalue weighted by Crippen LogP contribution is -2.54. The maximum absolute atomic E-state index is 3.78. The summed E-state index contributed by atoms with van der Waals surface area (Å²) >= 11 is 0. The minimum atomic E-state index is 0.720. The minimum absolute atomic E-state index is 0.720. The predicted molar refractivity (Wildman–Crippen MR) is 94.8 cm³/mol. The van der Waals surface area contributed by atoms with Crippen molar-refractivity contribution in [2.45, 2.75) is 91.6 Å². The molecular formula is C19H40N2. The van der Waals surface area contributed by atoms with Crippen molar-refractivity contribution in [3.8, 4) is 0 Å². The van der Waals surface area contributed by atoms with Gasteiger partial charge in [0.15, 0.2) is 0 Å². The molecule has 2 nitrogen and oxygen atoms in total. The van der Waals surface area contributed by atoms with Crippen LogP contribution in [-0.4, -0.2) is 36.6 Å². The zero-order valence-corrected chi connectivity index (χ0v) is 15.3. The smallest absolute Gasteiger partial charge is 0.0251 e. The van der Waals surface area contributed by atoms with Crippen molar-refractivity contribution in [1.29, 1.82) is 0 Å². The van der Waals surface area contributed by atoms with Gasteiger partial charge >= 0.3 is 0 Å². The van der Waals surface area contributed by atoms with Gasteiger partial charge < -0.3 is 5.32 Å². The molecule has 0 radical (unpaired) electrons. The van der Waals surface area contributed by atoms with Crippen molar-refractivity contribution in [1.82, 2.24) is 10.2 Å². The van der Waals surface area contributed by atoms with E-state index in [1.807, 2.05) is 0 Å². The van der Waals surface area contributed by atoms with Crippen LogP contribution in [0.5, 0.6) is 0 Å². The van der Waals surface area contributed by atoms with E-state index in [2.05, 4.69) is 44.8 Å². The number of hydrogen-bond acceptors (Lipinski definition) is 2. The van der Waals surface area contributed by atoms with Crippen molar-refractivity contribution in [3.63, 3.8) is 0 Å². The molecule has 0 saturated heterocycles. The SMILES string of the molecule is CCCC1CCC(NCC)C(N(CC)CC(CC)CC)C1. The Kier molecular flexibility index (Phi) is 9.59. The molecule has 21 heavy (non-hydrogen) atoms. The number of hydrogen-bond donors (Lipinski definition) is 1. The molecule has 0 heterocycles. The maximum Gasteiger partial charge on any atom is 0.0251 e. The van der Waals surface area contributed by atoms with Gasteiger partial charge in [0.25, 0.3) is 0 Å². The van der Waals surface area contributed by atoms with Crippen molar-refractivity contribution >= 4 is 0 Å². The number of likely N-dealkylation sites (N-methyl/N-ethyl adjacent to an activating group) is 2. The van der Waals surface area contributed by atoms with E-state index in [1.165, 1.54) is 58.0 Å². The average Bonchev–Trinajstić information content (AvgIpc) is 2.51. The predicted octanol–water partition coefficient (Wildman–Crippen LogP) is 4.69. The van der Waals surface area contributed by atoms with Crippen LogP contribution in [0.25, 0.3) is 0 Å². The summed E-state index contributed by atoms with van der Waals surface area (Å²) in [6, 6.07) is 1.48. The van der Waals surface area contributed by atoms with Gasteiger partial charge in [-0.25, -0.2) is 0 Å². The number of rotatable bonds is 10. The molecule has 3 unspecified atom stereocenters. The summed E-state index contributed by atoms with van der Waals surface area (Å²) in [6.45, 7) is 15.3. The summed E-state index contributed by atoms with van der Waals surface area (Å²) in [5.41, 5.74) is 0. The molecular weight excluding hydrogens is 256 g/mol. The van der Waals surface area contributed by atoms with Gasteiger partial charge in [0.05, 0.1) is 0 Å². The normalized spacial score (nSPS) is 26.7. The van der Waals surface area contributed by atoms with Gasteiger partial charge in [0.1, 0.15) is 0 Å². The summed E-state index contributed by atoms with van der Waals surface area (Å²) in [4.78, 5) is 2.80.